The molecule has 194 valence electrons. The summed E-state index contributed by atoms with van der Waals surface area (Å²) >= 11 is 0. The fraction of sp³-hybridized carbons (Fsp3) is 0.778. The van der Waals surface area contributed by atoms with E-state index in [1.54, 1.807) is 6.08 Å². The zero-order chi connectivity index (χ0) is 25.6. The molecule has 0 radical (unpaired) electrons. The average molecular weight is 489 g/mol. The molecule has 0 amide bonds. The van der Waals surface area contributed by atoms with Gasteiger partial charge in [-0.05, 0) is 74.8 Å². The fourth-order valence-corrected chi connectivity index (χ4v) is 7.84. The van der Waals surface area contributed by atoms with Crippen molar-refractivity contribution in [2.45, 2.75) is 89.7 Å². The zero-order valence-corrected chi connectivity index (χ0v) is 21.0. The highest BCUT2D eigenvalue weighted by Crippen LogP contribution is 2.66. The van der Waals surface area contributed by atoms with Crippen molar-refractivity contribution < 1.29 is 29.0 Å². The van der Waals surface area contributed by atoms with Crippen LogP contribution in [-0.2, 0) is 23.9 Å². The summed E-state index contributed by atoms with van der Waals surface area (Å²) < 4.78 is 5.20. The number of hydrogen-bond donors (Lipinski definition) is 3. The van der Waals surface area contributed by atoms with Crippen molar-refractivity contribution in [3.8, 4) is 0 Å². The molecule has 3 saturated carbocycles. The molecule has 8 heteroatoms. The van der Waals surface area contributed by atoms with Crippen LogP contribution in [-0.4, -0.2) is 53.2 Å². The van der Waals surface area contributed by atoms with Gasteiger partial charge < -0.3 is 21.3 Å². The van der Waals surface area contributed by atoms with E-state index in [0.29, 0.717) is 38.6 Å². The van der Waals surface area contributed by atoms with Gasteiger partial charge in [0.2, 0.25) is 5.78 Å². The number of aliphatic hydroxyl groups is 1. The molecule has 0 bridgehead atoms. The van der Waals surface area contributed by atoms with Crippen LogP contribution in [0.5, 0.6) is 0 Å². The molecule has 0 heterocycles. The number of hydrogen-bond acceptors (Lipinski definition) is 8. The number of esters is 1. The first-order chi connectivity index (χ1) is 16.5. The number of ether oxygens (including phenoxy) is 1. The van der Waals surface area contributed by atoms with E-state index in [2.05, 4.69) is 6.92 Å². The summed E-state index contributed by atoms with van der Waals surface area (Å²) in [6.45, 7) is 3.94. The molecule has 5 N–H and O–H groups in total. The number of Topliss-reactive ketones (excluding diaryl/α,β-unsaturated/α-hetero) is 2. The van der Waals surface area contributed by atoms with E-state index >= 15 is 0 Å². The Balaban J connectivity index is 1.48. The number of unbranched alkanes of at least 4 members (excludes halogenated alkanes) is 1. The predicted molar refractivity (Wildman–Crippen MR) is 129 cm³/mol. The van der Waals surface area contributed by atoms with Crippen LogP contribution in [0.25, 0.3) is 0 Å². The van der Waals surface area contributed by atoms with E-state index in [4.69, 9.17) is 16.2 Å². The molecule has 8 nitrogen and oxygen atoms in total. The first-order valence-corrected chi connectivity index (χ1v) is 13.1. The van der Waals surface area contributed by atoms with Gasteiger partial charge in [-0.3, -0.25) is 19.2 Å². The second kappa shape index (κ2) is 9.52. The highest BCUT2D eigenvalue weighted by Gasteiger charge is 2.68. The number of carbonyl (C=O) groups excluding carboxylic acids is 4. The molecule has 3 fully saturated rings. The maximum atomic E-state index is 13.7. The van der Waals surface area contributed by atoms with E-state index in [9.17, 15) is 24.3 Å². The SMILES string of the molecule is C[C@]12CCC(=O)C=C1CC[C@@H]1[C@@H]2C(=O)C[C@@]2(C)[C@H]1CC[C@]2(O)C(=O)COC(=O)[C@@H](N)CCCCN. The molecule has 4 rings (SSSR count). The summed E-state index contributed by atoms with van der Waals surface area (Å²) in [5, 5.41) is 11.7. The van der Waals surface area contributed by atoms with Crippen LogP contribution in [0.3, 0.4) is 0 Å². The molecule has 0 aromatic rings. The Kier molecular flexibility index (Phi) is 7.12. The van der Waals surface area contributed by atoms with Gasteiger partial charge in [-0.1, -0.05) is 25.8 Å². The third kappa shape index (κ3) is 4.21. The Labute approximate surface area is 207 Å². The topological polar surface area (TPSA) is 150 Å². The standard InChI is InChI=1S/C27H40N2O6/c1-25-10-8-17(30)13-16(25)6-7-18-19-9-11-27(34,26(19,2)14-21(31)23(18)25)22(32)15-35-24(33)20(29)5-3-4-12-28/h13,18-20,23,34H,3-12,14-15,28-29H2,1-2H3/t18-,19-,20-,23+,25-,26-,27-/m0/s1. The van der Waals surface area contributed by atoms with Crippen LogP contribution >= 0.6 is 0 Å². The Morgan fingerprint density at radius 2 is 1.91 bits per heavy atom. The molecule has 0 unspecified atom stereocenters. The minimum Gasteiger partial charge on any atom is -0.456 e. The molecule has 0 aromatic carbocycles. The summed E-state index contributed by atoms with van der Waals surface area (Å²) in [6, 6.07) is -0.833. The number of carbonyl (C=O) groups is 4. The van der Waals surface area contributed by atoms with Crippen LogP contribution in [0.1, 0.15) is 78.1 Å². The number of fused-ring (bicyclic) bond motifs is 5. The quantitative estimate of drug-likeness (QED) is 0.347. The first kappa shape index (κ1) is 26.2. The molecule has 0 spiro atoms. The molecule has 4 aliphatic carbocycles. The maximum Gasteiger partial charge on any atom is 0.323 e. The summed E-state index contributed by atoms with van der Waals surface area (Å²) in [5.41, 5.74) is 9.48. The van der Waals surface area contributed by atoms with Gasteiger partial charge in [-0.25, -0.2) is 0 Å². The first-order valence-electron chi connectivity index (χ1n) is 13.1. The van der Waals surface area contributed by atoms with E-state index in [1.807, 2.05) is 6.92 Å². The third-order valence-electron chi connectivity index (χ3n) is 9.89. The third-order valence-corrected chi connectivity index (χ3v) is 9.89. The summed E-state index contributed by atoms with van der Waals surface area (Å²) in [4.78, 5) is 51.2. The molecular weight excluding hydrogens is 448 g/mol. The monoisotopic (exact) mass is 488 g/mol. The van der Waals surface area contributed by atoms with Crippen molar-refractivity contribution in [3.63, 3.8) is 0 Å². The summed E-state index contributed by atoms with van der Waals surface area (Å²) in [7, 11) is 0. The van der Waals surface area contributed by atoms with Gasteiger partial charge in [0.05, 0.1) is 0 Å². The van der Waals surface area contributed by atoms with Crippen molar-refractivity contribution in [1.82, 2.24) is 0 Å². The van der Waals surface area contributed by atoms with E-state index in [1.165, 1.54) is 0 Å². The molecule has 4 aliphatic rings. The van der Waals surface area contributed by atoms with Crippen molar-refractivity contribution in [2.75, 3.05) is 13.2 Å². The zero-order valence-electron chi connectivity index (χ0n) is 21.0. The minimum absolute atomic E-state index is 0.0179. The Hall–Kier alpha value is -1.90. The molecule has 0 aromatic heterocycles. The highest BCUT2D eigenvalue weighted by atomic mass is 16.5. The lowest BCUT2D eigenvalue weighted by Crippen LogP contribution is -2.61. The average Bonchev–Trinajstić information content (AvgIpc) is 3.08. The molecule has 0 aliphatic heterocycles. The van der Waals surface area contributed by atoms with Crippen LogP contribution in [0.2, 0.25) is 0 Å². The number of rotatable bonds is 8. The Morgan fingerprint density at radius 3 is 2.63 bits per heavy atom. The number of nitrogens with two attached hydrogens (primary N) is 2. The largest absolute Gasteiger partial charge is 0.456 e. The predicted octanol–water partition coefficient (Wildman–Crippen LogP) is 2.00. The number of allylic oxidation sites excluding steroid dienone is 1. The maximum absolute atomic E-state index is 13.7. The van der Waals surface area contributed by atoms with Gasteiger partial charge >= 0.3 is 5.97 Å². The van der Waals surface area contributed by atoms with Crippen molar-refractivity contribution in [3.05, 3.63) is 11.6 Å². The normalized spacial score (nSPS) is 39.2. The summed E-state index contributed by atoms with van der Waals surface area (Å²) in [5.74, 6) is -1.11. The molecule has 0 saturated heterocycles. The molecule has 35 heavy (non-hydrogen) atoms. The number of ketones is 3. The van der Waals surface area contributed by atoms with Gasteiger partial charge in [0, 0.05) is 24.2 Å². The smallest absolute Gasteiger partial charge is 0.323 e. The van der Waals surface area contributed by atoms with Gasteiger partial charge in [-0.2, -0.15) is 0 Å². The van der Waals surface area contributed by atoms with Crippen LogP contribution in [0, 0.1) is 28.6 Å². The van der Waals surface area contributed by atoms with Crippen molar-refractivity contribution >= 4 is 23.3 Å². The van der Waals surface area contributed by atoms with Gasteiger partial charge in [0.1, 0.15) is 17.4 Å². The van der Waals surface area contributed by atoms with Gasteiger partial charge in [-0.15, -0.1) is 0 Å². The van der Waals surface area contributed by atoms with Gasteiger partial charge in [0.15, 0.2) is 12.4 Å². The lowest BCUT2D eigenvalue weighted by Gasteiger charge is -2.57. The highest BCUT2D eigenvalue weighted by molar-refractivity contribution is 5.95. The van der Waals surface area contributed by atoms with Crippen molar-refractivity contribution in [1.29, 1.82) is 0 Å². The second-order valence-electron chi connectivity index (χ2n) is 11.7. The van der Waals surface area contributed by atoms with Crippen molar-refractivity contribution in [2.24, 2.45) is 40.1 Å². The van der Waals surface area contributed by atoms with E-state index < -0.39 is 35.4 Å². The molecule has 7 atom stereocenters. The Morgan fingerprint density at radius 1 is 1.17 bits per heavy atom. The van der Waals surface area contributed by atoms with Gasteiger partial charge in [0.25, 0.3) is 0 Å². The summed E-state index contributed by atoms with van der Waals surface area (Å²) in [6.07, 6.45) is 7.33. The van der Waals surface area contributed by atoms with E-state index in [-0.39, 0.29) is 47.6 Å². The lowest BCUT2D eigenvalue weighted by atomic mass is 9.46. The van der Waals surface area contributed by atoms with E-state index in [0.717, 1.165) is 24.8 Å². The minimum atomic E-state index is -1.72. The fourth-order valence-electron chi connectivity index (χ4n) is 7.84. The van der Waals surface area contributed by atoms with Crippen LogP contribution in [0.15, 0.2) is 11.6 Å². The van der Waals surface area contributed by atoms with Crippen LogP contribution in [0.4, 0.5) is 0 Å². The lowest BCUT2D eigenvalue weighted by molar-refractivity contribution is -0.174. The van der Waals surface area contributed by atoms with Crippen LogP contribution < -0.4 is 11.5 Å². The molecular formula is C27H40N2O6. The Bertz CT molecular complexity index is 946. The second-order valence-corrected chi connectivity index (χ2v) is 11.7.